The number of carbonyl (C=O) groups is 4. The van der Waals surface area contributed by atoms with E-state index in [1.807, 2.05) is 38.1 Å². The van der Waals surface area contributed by atoms with E-state index in [4.69, 9.17) is 10.5 Å². The van der Waals surface area contributed by atoms with Gasteiger partial charge in [0.1, 0.15) is 11.8 Å². The summed E-state index contributed by atoms with van der Waals surface area (Å²) in [6.45, 7) is 9.41. The largest absolute Gasteiger partial charge is 0.497 e. The second-order valence-electron chi connectivity index (χ2n) is 15.1. The van der Waals surface area contributed by atoms with Gasteiger partial charge in [-0.25, -0.2) is 0 Å². The molecular weight excluding hydrogens is 634 g/mol. The molecule has 11 nitrogen and oxygen atoms in total. The SMILES string of the molecule is COc1ccc(C[C@H](N)C(=O)N(C)[C@@H](CC(C)C)C(=O)N[C@@H](CC2CCCCC2)[C@H](O)CC(=O)NCCCCCC(=O)NCCC(C)C)cc1. The van der Waals surface area contributed by atoms with Crippen LogP contribution < -0.4 is 26.4 Å². The minimum absolute atomic E-state index is 0.0615. The molecule has 0 saturated heterocycles. The molecule has 2 rings (SSSR count). The lowest BCUT2D eigenvalue weighted by Gasteiger charge is -2.34. The van der Waals surface area contributed by atoms with Crippen molar-refractivity contribution in [3.05, 3.63) is 29.8 Å². The van der Waals surface area contributed by atoms with Crippen molar-refractivity contribution >= 4 is 23.6 Å². The van der Waals surface area contributed by atoms with Crippen molar-refractivity contribution in [2.24, 2.45) is 23.5 Å². The number of amides is 4. The quantitative estimate of drug-likeness (QED) is 0.105. The molecule has 1 aliphatic rings. The van der Waals surface area contributed by atoms with E-state index >= 15 is 0 Å². The third-order valence-electron chi connectivity index (χ3n) is 9.69. The van der Waals surface area contributed by atoms with Crippen molar-refractivity contribution in [2.45, 2.75) is 142 Å². The highest BCUT2D eigenvalue weighted by Crippen LogP contribution is 2.29. The first kappa shape index (κ1) is 43.0. The van der Waals surface area contributed by atoms with Gasteiger partial charge in [-0.15, -0.1) is 0 Å². The molecule has 1 saturated carbocycles. The maximum absolute atomic E-state index is 13.9. The maximum Gasteiger partial charge on any atom is 0.243 e. The third kappa shape index (κ3) is 16.7. The van der Waals surface area contributed by atoms with Gasteiger partial charge >= 0.3 is 0 Å². The van der Waals surface area contributed by atoms with Crippen molar-refractivity contribution in [3.63, 3.8) is 0 Å². The molecule has 0 bridgehead atoms. The van der Waals surface area contributed by atoms with Crippen LogP contribution in [-0.4, -0.2) is 85.1 Å². The number of aliphatic hydroxyl groups is 1. The lowest BCUT2D eigenvalue weighted by atomic mass is 9.83. The minimum Gasteiger partial charge on any atom is -0.497 e. The molecule has 50 heavy (non-hydrogen) atoms. The first-order valence-electron chi connectivity index (χ1n) is 19.0. The van der Waals surface area contributed by atoms with Gasteiger partial charge in [0.15, 0.2) is 0 Å². The number of hydrogen-bond acceptors (Lipinski definition) is 7. The standard InChI is InChI=1S/C39H67N5O6/c1-27(2)20-22-42-36(46)15-11-8-12-21-41-37(47)26-35(45)33(25-29-13-9-7-10-14-29)43-38(48)34(23-28(3)4)44(5)39(49)32(40)24-30-16-18-31(50-6)19-17-30/h16-19,27-29,32-35,45H,7-15,20-26,40H2,1-6H3,(H,41,47)(H,42,46)(H,43,48)/t32-,33-,34-,35+/m0/s1. The molecule has 1 aliphatic carbocycles. The Labute approximate surface area is 301 Å². The Balaban J connectivity index is 1.98. The lowest BCUT2D eigenvalue weighted by Crippen LogP contribution is -2.56. The summed E-state index contributed by atoms with van der Waals surface area (Å²) >= 11 is 0. The van der Waals surface area contributed by atoms with Crippen LogP contribution in [0.2, 0.25) is 0 Å². The van der Waals surface area contributed by atoms with E-state index in [1.165, 1.54) is 11.3 Å². The van der Waals surface area contributed by atoms with Crippen molar-refractivity contribution in [2.75, 3.05) is 27.2 Å². The Morgan fingerprint density at radius 2 is 1.58 bits per heavy atom. The summed E-state index contributed by atoms with van der Waals surface area (Å²) in [6.07, 6.45) is 9.30. The fraction of sp³-hybridized carbons (Fsp3) is 0.744. The Morgan fingerprint density at radius 1 is 0.920 bits per heavy atom. The van der Waals surface area contributed by atoms with Crippen molar-refractivity contribution in [1.29, 1.82) is 0 Å². The van der Waals surface area contributed by atoms with E-state index < -0.39 is 24.2 Å². The molecule has 1 aromatic carbocycles. The van der Waals surface area contributed by atoms with E-state index in [-0.39, 0.29) is 36.0 Å². The zero-order valence-electron chi connectivity index (χ0n) is 31.7. The number of carbonyl (C=O) groups excluding carboxylic acids is 4. The first-order valence-corrected chi connectivity index (χ1v) is 19.0. The number of rotatable bonds is 23. The molecule has 0 aromatic heterocycles. The van der Waals surface area contributed by atoms with Gasteiger partial charge in [-0.1, -0.05) is 78.4 Å². The fourth-order valence-electron chi connectivity index (χ4n) is 6.59. The van der Waals surface area contributed by atoms with E-state index in [0.717, 1.165) is 56.9 Å². The summed E-state index contributed by atoms with van der Waals surface area (Å²) in [5.74, 6) is 0.829. The zero-order valence-corrected chi connectivity index (χ0v) is 31.7. The lowest BCUT2D eigenvalue weighted by molar-refractivity contribution is -0.141. The van der Waals surface area contributed by atoms with Gasteiger partial charge in [-0.2, -0.15) is 0 Å². The van der Waals surface area contributed by atoms with Gasteiger partial charge in [-0.3, -0.25) is 19.2 Å². The predicted molar refractivity (Wildman–Crippen MR) is 198 cm³/mol. The molecular formula is C39H67N5O6. The number of aliphatic hydroxyl groups excluding tert-OH is 1. The molecule has 0 heterocycles. The van der Waals surface area contributed by atoms with Crippen LogP contribution in [0.25, 0.3) is 0 Å². The number of nitrogens with one attached hydrogen (secondary N) is 3. The molecule has 4 atom stereocenters. The number of nitrogens with two attached hydrogens (primary N) is 1. The average Bonchev–Trinajstić information content (AvgIpc) is 3.08. The molecule has 11 heteroatoms. The summed E-state index contributed by atoms with van der Waals surface area (Å²) in [5.41, 5.74) is 7.26. The molecule has 1 aromatic rings. The molecule has 0 radical (unpaired) electrons. The highest BCUT2D eigenvalue weighted by Gasteiger charge is 2.34. The Bertz CT molecular complexity index is 1150. The van der Waals surface area contributed by atoms with Gasteiger partial charge in [0.25, 0.3) is 0 Å². The van der Waals surface area contributed by atoms with Crippen LogP contribution in [0, 0.1) is 17.8 Å². The molecule has 0 aliphatic heterocycles. The monoisotopic (exact) mass is 702 g/mol. The number of benzene rings is 1. The Morgan fingerprint density at radius 3 is 2.20 bits per heavy atom. The summed E-state index contributed by atoms with van der Waals surface area (Å²) < 4.78 is 5.22. The molecule has 6 N–H and O–H groups in total. The van der Waals surface area contributed by atoms with Crippen molar-refractivity contribution < 1.29 is 29.0 Å². The smallest absolute Gasteiger partial charge is 0.243 e. The molecule has 284 valence electrons. The molecule has 1 fully saturated rings. The number of unbranched alkanes of at least 4 members (excludes halogenated alkanes) is 2. The van der Waals surface area contributed by atoms with Crippen molar-refractivity contribution in [3.8, 4) is 5.75 Å². The normalized spacial score (nSPS) is 16.0. The molecule has 4 amide bonds. The number of likely N-dealkylation sites (N-methyl/N-ethyl adjacent to an activating group) is 1. The van der Waals surface area contributed by atoms with Gasteiger partial charge in [0, 0.05) is 26.6 Å². The van der Waals surface area contributed by atoms with Crippen molar-refractivity contribution in [1.82, 2.24) is 20.9 Å². The van der Waals surface area contributed by atoms with Crippen LogP contribution in [0.4, 0.5) is 0 Å². The van der Waals surface area contributed by atoms with E-state index in [2.05, 4.69) is 29.8 Å². The summed E-state index contributed by atoms with van der Waals surface area (Å²) in [6, 6.07) is 5.13. The van der Waals surface area contributed by atoms with Crippen LogP contribution in [0.15, 0.2) is 24.3 Å². The van der Waals surface area contributed by atoms with Crippen LogP contribution in [0.5, 0.6) is 5.75 Å². The van der Waals surface area contributed by atoms with Crippen LogP contribution >= 0.6 is 0 Å². The highest BCUT2D eigenvalue weighted by atomic mass is 16.5. The topological polar surface area (TPSA) is 163 Å². The van der Waals surface area contributed by atoms with Crippen LogP contribution in [-0.2, 0) is 25.6 Å². The minimum atomic E-state index is -1.08. The Kier molecular flexibility index (Phi) is 20.1. The second-order valence-corrected chi connectivity index (χ2v) is 15.1. The zero-order chi connectivity index (χ0) is 37.1. The maximum atomic E-state index is 13.9. The number of methoxy groups -OCH3 is 1. The predicted octanol–water partition coefficient (Wildman–Crippen LogP) is 4.48. The second kappa shape index (κ2) is 23.3. The number of ether oxygens (including phenoxy) is 1. The van der Waals surface area contributed by atoms with Gasteiger partial charge in [-0.05, 0) is 74.0 Å². The summed E-state index contributed by atoms with van der Waals surface area (Å²) in [5, 5.41) is 20.3. The van der Waals surface area contributed by atoms with Gasteiger partial charge in [0.2, 0.25) is 23.6 Å². The molecule has 0 spiro atoms. The average molecular weight is 702 g/mol. The number of nitrogens with zero attached hydrogens (tertiary/aromatic N) is 1. The van der Waals surface area contributed by atoms with Gasteiger partial charge in [0.05, 0.1) is 31.7 Å². The fourth-order valence-corrected chi connectivity index (χ4v) is 6.59. The van der Waals surface area contributed by atoms with Crippen LogP contribution in [0.3, 0.4) is 0 Å². The van der Waals surface area contributed by atoms with Crippen LogP contribution in [0.1, 0.15) is 117 Å². The van der Waals surface area contributed by atoms with Gasteiger partial charge < -0.3 is 36.4 Å². The van der Waals surface area contributed by atoms with E-state index in [1.54, 1.807) is 14.2 Å². The highest BCUT2D eigenvalue weighted by molar-refractivity contribution is 5.90. The van der Waals surface area contributed by atoms with E-state index in [9.17, 15) is 24.3 Å². The summed E-state index contributed by atoms with van der Waals surface area (Å²) in [4.78, 5) is 53.7. The Hall–Kier alpha value is -3.18. The number of hydrogen-bond donors (Lipinski definition) is 5. The third-order valence-corrected chi connectivity index (χ3v) is 9.69. The first-order chi connectivity index (χ1) is 23.8. The molecule has 0 unspecified atom stereocenters. The van der Waals surface area contributed by atoms with E-state index in [0.29, 0.717) is 56.4 Å². The summed E-state index contributed by atoms with van der Waals surface area (Å²) in [7, 11) is 3.21.